The predicted octanol–water partition coefficient (Wildman–Crippen LogP) is 1.24. The van der Waals surface area contributed by atoms with Gasteiger partial charge in [-0.25, -0.2) is 4.52 Å². The van der Waals surface area contributed by atoms with Gasteiger partial charge < -0.3 is 5.32 Å². The van der Waals surface area contributed by atoms with Crippen LogP contribution in [0.1, 0.15) is 31.4 Å². The number of nitrogens with one attached hydrogen (secondary N) is 2. The van der Waals surface area contributed by atoms with Gasteiger partial charge in [-0.15, -0.1) is 10.2 Å². The van der Waals surface area contributed by atoms with Crippen LogP contribution in [0.25, 0.3) is 5.65 Å². The van der Waals surface area contributed by atoms with E-state index in [9.17, 15) is 4.79 Å². The Morgan fingerprint density at radius 3 is 1.94 bits per heavy atom. The largest absolute Gasteiger partial charge is 0.335 e. The topological polar surface area (TPSA) is 75.1 Å². The maximum atomic E-state index is 11.9. The standard InChI is InChI=1S/C25H12ClN5O/c1-4-5-6-7-8-9-10-11-12-13-14-15-16-17-18-19-22(32)27-21(3)24-28-29-25-23(26)20(2)30-31(24)25/h21,30H,1-3H3,(H,27,32). The fourth-order valence-corrected chi connectivity index (χ4v) is 2.20. The van der Waals surface area contributed by atoms with Gasteiger partial charge in [-0.2, -0.15) is 0 Å². The first-order valence-electron chi connectivity index (χ1n) is 8.87. The minimum Gasteiger partial charge on any atom is -0.335 e. The second-order valence-corrected chi connectivity index (χ2v) is 5.97. The van der Waals surface area contributed by atoms with Crippen LogP contribution in [0.4, 0.5) is 0 Å². The fourth-order valence-electron chi connectivity index (χ4n) is 2.04. The molecule has 0 fully saturated rings. The predicted molar refractivity (Wildman–Crippen MR) is 122 cm³/mol. The number of hydrogen-bond acceptors (Lipinski definition) is 3. The third kappa shape index (κ3) is 7.07. The molecule has 1 amide bonds. The Morgan fingerprint density at radius 1 is 0.906 bits per heavy atom. The van der Waals surface area contributed by atoms with Crippen LogP contribution < -0.4 is 5.32 Å². The molecule has 2 N–H and O–H groups in total. The van der Waals surface area contributed by atoms with Gasteiger partial charge in [0, 0.05) is 5.92 Å². The van der Waals surface area contributed by atoms with Crippen molar-refractivity contribution in [2.24, 2.45) is 0 Å². The summed E-state index contributed by atoms with van der Waals surface area (Å²) in [4.78, 5) is 11.9. The van der Waals surface area contributed by atoms with E-state index in [2.05, 4.69) is 115 Å². The molecule has 1 atom stereocenters. The summed E-state index contributed by atoms with van der Waals surface area (Å²) >= 11 is 6.12. The Hall–Kier alpha value is -5.08. The monoisotopic (exact) mass is 433 g/mol. The number of rotatable bonds is 2. The van der Waals surface area contributed by atoms with Crippen molar-refractivity contribution in [3.05, 3.63) is 16.5 Å². The van der Waals surface area contributed by atoms with Gasteiger partial charge in [0.2, 0.25) is 0 Å². The molecule has 0 aliphatic rings. The summed E-state index contributed by atoms with van der Waals surface area (Å²) in [5.74, 6) is 39.8. The van der Waals surface area contributed by atoms with Gasteiger partial charge in [-0.1, -0.05) is 17.5 Å². The molecule has 0 bridgehead atoms. The van der Waals surface area contributed by atoms with Crippen LogP contribution in [0.5, 0.6) is 0 Å². The van der Waals surface area contributed by atoms with Gasteiger partial charge >= 0.3 is 0 Å². The van der Waals surface area contributed by atoms with Gasteiger partial charge in [-0.05, 0) is 104 Å². The van der Waals surface area contributed by atoms with E-state index in [0.717, 1.165) is 5.69 Å². The van der Waals surface area contributed by atoms with E-state index in [1.165, 1.54) is 0 Å². The Balaban J connectivity index is 1.86. The van der Waals surface area contributed by atoms with Gasteiger partial charge in [0.1, 0.15) is 5.02 Å². The first-order valence-corrected chi connectivity index (χ1v) is 9.24. The fraction of sp³-hybridized carbons (Fsp3) is 0.160. The lowest BCUT2D eigenvalue weighted by Crippen LogP contribution is -2.26. The van der Waals surface area contributed by atoms with Crippen LogP contribution in [0.2, 0.25) is 5.02 Å². The lowest BCUT2D eigenvalue weighted by molar-refractivity contribution is -0.116. The molecule has 2 aromatic heterocycles. The molecule has 150 valence electrons. The summed E-state index contributed by atoms with van der Waals surface area (Å²) in [5.41, 5.74) is 1.24. The lowest BCUT2D eigenvalue weighted by atomic mass is 10.3. The number of hydrogen-bond donors (Lipinski definition) is 2. The normalized spacial score (nSPS) is 8.50. The van der Waals surface area contributed by atoms with E-state index < -0.39 is 11.9 Å². The zero-order valence-electron chi connectivity index (χ0n) is 17.2. The third-order valence-electron chi connectivity index (χ3n) is 3.34. The molecule has 2 rings (SSSR count). The Labute approximate surface area is 191 Å². The average Bonchev–Trinajstić information content (AvgIpc) is 3.30. The van der Waals surface area contributed by atoms with Crippen molar-refractivity contribution in [2.75, 3.05) is 0 Å². The number of nitrogens with zero attached hydrogens (tertiary/aromatic N) is 3. The molecule has 2 aromatic rings. The number of aromatic nitrogens is 4. The summed E-state index contributed by atoms with van der Waals surface area (Å²) in [6.45, 7) is 5.25. The molecule has 0 saturated carbocycles. The molecule has 0 aliphatic carbocycles. The SMILES string of the molecule is CC#CC#CC#CC#CC#CC#CC#CC#CC(=O)NC(C)c1nnc2c(Cl)c(C)[nH]n12. The minimum atomic E-state index is -0.520. The summed E-state index contributed by atoms with van der Waals surface area (Å²) < 4.78 is 1.61. The molecule has 2 heterocycles. The number of fused-ring (bicyclic) bond motifs is 1. The molecule has 0 aliphatic heterocycles. The number of carbonyl (C=O) groups excluding carboxylic acids is 1. The number of halogens is 1. The van der Waals surface area contributed by atoms with Crippen molar-refractivity contribution < 1.29 is 4.79 Å². The van der Waals surface area contributed by atoms with Crippen LogP contribution >= 0.6 is 11.6 Å². The second kappa shape index (κ2) is 12.5. The smallest absolute Gasteiger partial charge is 0.297 e. The Morgan fingerprint density at radius 2 is 1.41 bits per heavy atom. The highest BCUT2D eigenvalue weighted by molar-refractivity contribution is 6.34. The van der Waals surface area contributed by atoms with Crippen molar-refractivity contribution in [3.8, 4) is 94.7 Å². The molecule has 0 radical (unpaired) electrons. The van der Waals surface area contributed by atoms with Gasteiger partial charge in [0.25, 0.3) is 5.91 Å². The second-order valence-electron chi connectivity index (χ2n) is 5.59. The quantitative estimate of drug-likeness (QED) is 0.700. The molecule has 0 spiro atoms. The van der Waals surface area contributed by atoms with Crippen LogP contribution in [-0.4, -0.2) is 25.7 Å². The molecule has 0 aromatic carbocycles. The van der Waals surface area contributed by atoms with Crippen molar-refractivity contribution >= 4 is 23.2 Å². The van der Waals surface area contributed by atoms with Crippen molar-refractivity contribution in [2.45, 2.75) is 26.8 Å². The van der Waals surface area contributed by atoms with Gasteiger partial charge in [0.15, 0.2) is 11.5 Å². The first-order chi connectivity index (χ1) is 15.5. The summed E-state index contributed by atoms with van der Waals surface area (Å²) in [5, 5.41) is 14.2. The van der Waals surface area contributed by atoms with E-state index in [4.69, 9.17) is 11.6 Å². The van der Waals surface area contributed by atoms with Crippen LogP contribution in [0, 0.1) is 102 Å². The highest BCUT2D eigenvalue weighted by atomic mass is 35.5. The van der Waals surface area contributed by atoms with E-state index in [1.54, 1.807) is 18.4 Å². The Bertz CT molecular complexity index is 1560. The molecule has 0 saturated heterocycles. The minimum absolute atomic E-state index is 0.452. The number of carbonyl (C=O) groups is 1. The maximum Gasteiger partial charge on any atom is 0.297 e. The first kappa shape index (κ1) is 23.2. The highest BCUT2D eigenvalue weighted by Gasteiger charge is 2.19. The van der Waals surface area contributed by atoms with Crippen LogP contribution in [-0.2, 0) is 4.79 Å². The van der Waals surface area contributed by atoms with E-state index >= 15 is 0 Å². The lowest BCUT2D eigenvalue weighted by Gasteiger charge is -2.08. The van der Waals surface area contributed by atoms with Crippen molar-refractivity contribution in [1.82, 2.24) is 25.1 Å². The molecular formula is C25H12ClN5O. The number of H-pyrrole nitrogens is 1. The zero-order chi connectivity index (χ0) is 23.2. The van der Waals surface area contributed by atoms with Gasteiger partial charge in [-0.3, -0.25) is 9.89 Å². The van der Waals surface area contributed by atoms with Crippen molar-refractivity contribution in [3.63, 3.8) is 0 Å². The number of amides is 1. The van der Waals surface area contributed by atoms with Crippen LogP contribution in [0.3, 0.4) is 0 Å². The molecule has 32 heavy (non-hydrogen) atoms. The third-order valence-corrected chi connectivity index (χ3v) is 3.79. The number of aromatic amines is 1. The Kier molecular flexibility index (Phi) is 9.05. The van der Waals surface area contributed by atoms with E-state index in [-0.39, 0.29) is 0 Å². The van der Waals surface area contributed by atoms with E-state index in [0.29, 0.717) is 16.5 Å². The van der Waals surface area contributed by atoms with Crippen LogP contribution in [0.15, 0.2) is 0 Å². The summed E-state index contributed by atoms with van der Waals surface area (Å²) in [6, 6.07) is -0.452. The highest BCUT2D eigenvalue weighted by Crippen LogP contribution is 2.21. The van der Waals surface area contributed by atoms with E-state index in [1.807, 2.05) is 6.92 Å². The summed E-state index contributed by atoms with van der Waals surface area (Å²) in [6.07, 6.45) is 0. The molecule has 7 heteroatoms. The summed E-state index contributed by atoms with van der Waals surface area (Å²) in [7, 11) is 0. The van der Waals surface area contributed by atoms with Gasteiger partial charge in [0.05, 0.1) is 11.7 Å². The molecular weight excluding hydrogens is 422 g/mol. The average molecular weight is 434 g/mol. The van der Waals surface area contributed by atoms with Crippen molar-refractivity contribution in [1.29, 1.82) is 0 Å². The maximum absolute atomic E-state index is 11.9. The molecule has 6 nitrogen and oxygen atoms in total. The zero-order valence-corrected chi connectivity index (χ0v) is 18.0. The number of aryl methyl sites for hydroxylation is 1. The molecule has 1 unspecified atom stereocenters.